The van der Waals surface area contributed by atoms with Gasteiger partial charge in [0.25, 0.3) is 0 Å². The number of carboxylic acids is 1. The van der Waals surface area contributed by atoms with E-state index in [9.17, 15) is 4.79 Å². The van der Waals surface area contributed by atoms with Crippen LogP contribution in [-0.2, 0) is 0 Å². The Bertz CT molecular complexity index is 604. The van der Waals surface area contributed by atoms with Crippen molar-refractivity contribution in [3.8, 4) is 23.0 Å². The van der Waals surface area contributed by atoms with E-state index in [0.717, 1.165) is 6.26 Å². The predicted octanol–water partition coefficient (Wildman–Crippen LogP) is 1.81. The second-order valence-electron chi connectivity index (χ2n) is 3.70. The van der Waals surface area contributed by atoms with E-state index in [1.807, 2.05) is 0 Å². The highest BCUT2D eigenvalue weighted by atomic mass is 16.6. The van der Waals surface area contributed by atoms with Crippen molar-refractivity contribution >= 4 is 5.97 Å². The van der Waals surface area contributed by atoms with Gasteiger partial charge in [0.15, 0.2) is 17.2 Å². The van der Waals surface area contributed by atoms with Crippen LogP contribution in [0.3, 0.4) is 0 Å². The van der Waals surface area contributed by atoms with Gasteiger partial charge in [0.05, 0.1) is 0 Å². The fraction of sp³-hybridized carbons (Fsp3) is 0.167. The van der Waals surface area contributed by atoms with E-state index in [4.69, 9.17) is 19.0 Å². The van der Waals surface area contributed by atoms with Crippen molar-refractivity contribution in [2.75, 3.05) is 13.2 Å². The predicted molar refractivity (Wildman–Crippen MR) is 59.9 cm³/mol. The minimum absolute atomic E-state index is 0.125. The Kier molecular flexibility index (Phi) is 2.40. The van der Waals surface area contributed by atoms with Gasteiger partial charge >= 0.3 is 5.97 Å². The lowest BCUT2D eigenvalue weighted by Crippen LogP contribution is -2.15. The summed E-state index contributed by atoms with van der Waals surface area (Å²) >= 11 is 0. The second kappa shape index (κ2) is 4.06. The van der Waals surface area contributed by atoms with Gasteiger partial charge < -0.3 is 19.0 Å². The first-order chi connectivity index (χ1) is 8.74. The summed E-state index contributed by atoms with van der Waals surface area (Å²) in [6.07, 6.45) is 1.11. The van der Waals surface area contributed by atoms with Crippen LogP contribution in [0.1, 0.15) is 10.5 Å². The molecule has 0 amide bonds. The first kappa shape index (κ1) is 10.6. The van der Waals surface area contributed by atoms with Gasteiger partial charge in [-0.3, -0.25) is 0 Å². The van der Waals surface area contributed by atoms with Gasteiger partial charge in [0.2, 0.25) is 5.89 Å². The monoisotopic (exact) mass is 247 g/mol. The molecule has 0 aliphatic carbocycles. The number of nitrogens with zero attached hydrogens (tertiary/aromatic N) is 1. The average molecular weight is 247 g/mol. The molecule has 0 radical (unpaired) electrons. The number of hydrogen-bond donors (Lipinski definition) is 1. The van der Waals surface area contributed by atoms with E-state index in [-0.39, 0.29) is 11.6 Å². The average Bonchev–Trinajstić information content (AvgIpc) is 2.88. The van der Waals surface area contributed by atoms with E-state index < -0.39 is 5.97 Å². The highest BCUT2D eigenvalue weighted by molar-refractivity contribution is 5.85. The maximum atomic E-state index is 10.7. The molecule has 0 fully saturated rings. The first-order valence-electron chi connectivity index (χ1n) is 5.33. The third-order valence-electron chi connectivity index (χ3n) is 2.51. The number of carbonyl (C=O) groups is 1. The maximum Gasteiger partial charge on any atom is 0.357 e. The quantitative estimate of drug-likeness (QED) is 0.871. The number of hydrogen-bond acceptors (Lipinski definition) is 5. The summed E-state index contributed by atoms with van der Waals surface area (Å²) in [7, 11) is 0. The molecule has 92 valence electrons. The third-order valence-corrected chi connectivity index (χ3v) is 2.51. The molecule has 1 aliphatic heterocycles. The van der Waals surface area contributed by atoms with Gasteiger partial charge in [0.1, 0.15) is 19.5 Å². The normalized spacial score (nSPS) is 13.3. The van der Waals surface area contributed by atoms with Crippen molar-refractivity contribution in [3.63, 3.8) is 0 Å². The van der Waals surface area contributed by atoms with Gasteiger partial charge in [-0.25, -0.2) is 9.78 Å². The van der Waals surface area contributed by atoms with Gasteiger partial charge in [-0.1, -0.05) is 0 Å². The Morgan fingerprint density at radius 1 is 1.22 bits per heavy atom. The Morgan fingerprint density at radius 3 is 2.72 bits per heavy atom. The molecule has 1 N–H and O–H groups in total. The van der Waals surface area contributed by atoms with Crippen LogP contribution >= 0.6 is 0 Å². The van der Waals surface area contributed by atoms with E-state index in [0.29, 0.717) is 30.3 Å². The SMILES string of the molecule is O=C(O)c1coc(-c2ccc3c(c2)OCCO3)n1. The minimum Gasteiger partial charge on any atom is -0.486 e. The molecule has 3 rings (SSSR count). The molecule has 6 heteroatoms. The standard InChI is InChI=1S/C12H9NO5/c14-12(15)8-6-18-11(13-8)7-1-2-9-10(5-7)17-4-3-16-9/h1-2,5-6H,3-4H2,(H,14,15). The Morgan fingerprint density at radius 2 is 2.00 bits per heavy atom. The van der Waals surface area contributed by atoms with Gasteiger partial charge in [-0.15, -0.1) is 0 Å². The van der Waals surface area contributed by atoms with Crippen LogP contribution in [0, 0.1) is 0 Å². The van der Waals surface area contributed by atoms with Crippen LogP contribution < -0.4 is 9.47 Å². The van der Waals surface area contributed by atoms with Crippen LogP contribution in [-0.4, -0.2) is 29.3 Å². The molecule has 1 aromatic carbocycles. The number of rotatable bonds is 2. The second-order valence-corrected chi connectivity index (χ2v) is 3.70. The maximum absolute atomic E-state index is 10.7. The van der Waals surface area contributed by atoms with Crippen LogP contribution in [0.4, 0.5) is 0 Å². The molecule has 2 aromatic rings. The highest BCUT2D eigenvalue weighted by Gasteiger charge is 2.16. The Balaban J connectivity index is 1.98. The van der Waals surface area contributed by atoms with E-state index >= 15 is 0 Å². The molecule has 0 saturated heterocycles. The summed E-state index contributed by atoms with van der Waals surface area (Å²) < 4.78 is 15.9. The molecule has 18 heavy (non-hydrogen) atoms. The van der Waals surface area contributed by atoms with Gasteiger partial charge in [-0.05, 0) is 18.2 Å². The van der Waals surface area contributed by atoms with Crippen molar-refractivity contribution in [3.05, 3.63) is 30.2 Å². The van der Waals surface area contributed by atoms with Gasteiger partial charge in [-0.2, -0.15) is 0 Å². The number of benzene rings is 1. The van der Waals surface area contributed by atoms with E-state index in [1.54, 1.807) is 18.2 Å². The molecule has 6 nitrogen and oxygen atoms in total. The van der Waals surface area contributed by atoms with Crippen molar-refractivity contribution in [2.45, 2.75) is 0 Å². The Labute approximate surface area is 102 Å². The van der Waals surface area contributed by atoms with E-state index in [2.05, 4.69) is 4.98 Å². The zero-order valence-corrected chi connectivity index (χ0v) is 9.25. The van der Waals surface area contributed by atoms with Crippen LogP contribution in [0.2, 0.25) is 0 Å². The molecule has 0 spiro atoms. The van der Waals surface area contributed by atoms with Crippen molar-refractivity contribution in [1.82, 2.24) is 4.98 Å². The fourth-order valence-corrected chi connectivity index (χ4v) is 1.68. The lowest BCUT2D eigenvalue weighted by atomic mass is 10.2. The molecule has 2 heterocycles. The van der Waals surface area contributed by atoms with Crippen molar-refractivity contribution < 1.29 is 23.8 Å². The summed E-state index contributed by atoms with van der Waals surface area (Å²) in [6.45, 7) is 1.01. The number of aromatic nitrogens is 1. The zero-order valence-electron chi connectivity index (χ0n) is 9.25. The number of ether oxygens (including phenoxy) is 2. The lowest BCUT2D eigenvalue weighted by Gasteiger charge is -2.18. The van der Waals surface area contributed by atoms with Crippen LogP contribution in [0.5, 0.6) is 11.5 Å². The topological polar surface area (TPSA) is 81.8 Å². The number of aromatic carboxylic acids is 1. The van der Waals surface area contributed by atoms with Crippen molar-refractivity contribution in [1.29, 1.82) is 0 Å². The largest absolute Gasteiger partial charge is 0.486 e. The molecule has 0 bridgehead atoms. The van der Waals surface area contributed by atoms with Crippen molar-refractivity contribution in [2.24, 2.45) is 0 Å². The molecule has 1 aliphatic rings. The van der Waals surface area contributed by atoms with Gasteiger partial charge in [0, 0.05) is 5.56 Å². The highest BCUT2D eigenvalue weighted by Crippen LogP contribution is 2.34. The summed E-state index contributed by atoms with van der Waals surface area (Å²) in [4.78, 5) is 14.6. The molecule has 0 unspecified atom stereocenters. The first-order valence-corrected chi connectivity index (χ1v) is 5.33. The molecule has 0 atom stereocenters. The summed E-state index contributed by atoms with van der Waals surface area (Å²) in [5.74, 6) is 0.385. The summed E-state index contributed by atoms with van der Waals surface area (Å²) in [5.41, 5.74) is 0.520. The zero-order chi connectivity index (χ0) is 12.5. The summed E-state index contributed by atoms with van der Waals surface area (Å²) in [5, 5.41) is 8.77. The summed E-state index contributed by atoms with van der Waals surface area (Å²) in [6, 6.07) is 5.20. The van der Waals surface area contributed by atoms with Crippen LogP contribution in [0.25, 0.3) is 11.5 Å². The van der Waals surface area contributed by atoms with Crippen LogP contribution in [0.15, 0.2) is 28.9 Å². The molecule has 1 aromatic heterocycles. The number of oxazole rings is 1. The molecule has 0 saturated carbocycles. The number of carboxylic acid groups (broad SMARTS) is 1. The molecular weight excluding hydrogens is 238 g/mol. The molecular formula is C12H9NO5. The minimum atomic E-state index is -1.12. The lowest BCUT2D eigenvalue weighted by molar-refractivity contribution is 0.0690. The Hall–Kier alpha value is -2.50. The number of fused-ring (bicyclic) bond motifs is 1. The third kappa shape index (κ3) is 1.77. The fourth-order valence-electron chi connectivity index (χ4n) is 1.68. The smallest absolute Gasteiger partial charge is 0.357 e. The van der Waals surface area contributed by atoms with E-state index in [1.165, 1.54) is 0 Å².